The number of Topliss-reactive ketones (excluding diaryl/α,β-unsaturated/α-hetero) is 1. The van der Waals surface area contributed by atoms with E-state index in [0.717, 1.165) is 5.56 Å². The zero-order valence-corrected chi connectivity index (χ0v) is 14.1. The van der Waals surface area contributed by atoms with E-state index in [1.165, 1.54) is 22.5 Å². The molecule has 0 fully saturated rings. The lowest BCUT2D eigenvalue weighted by Crippen LogP contribution is -2.37. The van der Waals surface area contributed by atoms with Crippen LogP contribution >= 0.6 is 0 Å². The molecule has 1 N–H and O–H groups in total. The molecule has 25 heavy (non-hydrogen) atoms. The summed E-state index contributed by atoms with van der Waals surface area (Å²) in [6, 6.07) is 9.33. The van der Waals surface area contributed by atoms with Gasteiger partial charge in [0.2, 0.25) is 0 Å². The lowest BCUT2D eigenvalue weighted by atomic mass is 10.0. The van der Waals surface area contributed by atoms with Crippen molar-refractivity contribution in [3.05, 3.63) is 58.1 Å². The lowest BCUT2D eigenvalue weighted by molar-refractivity contribution is 0.0982. The Labute approximate surface area is 142 Å². The minimum atomic E-state index is -3.89. The van der Waals surface area contributed by atoms with Crippen LogP contribution in [-0.2, 0) is 10.0 Å². The third-order valence-corrected chi connectivity index (χ3v) is 6.05. The van der Waals surface area contributed by atoms with Gasteiger partial charge in [0.15, 0.2) is 11.4 Å². The summed E-state index contributed by atoms with van der Waals surface area (Å²) < 4.78 is 32.3. The van der Waals surface area contributed by atoms with Gasteiger partial charge in [-0.1, -0.05) is 11.6 Å². The lowest BCUT2D eigenvalue weighted by Gasteiger charge is -2.30. The molecule has 3 aromatic rings. The van der Waals surface area contributed by atoms with E-state index >= 15 is 0 Å². The summed E-state index contributed by atoms with van der Waals surface area (Å²) in [6.07, 6.45) is 0.122. The molecule has 7 nitrogen and oxygen atoms in total. The first kappa shape index (κ1) is 15.6. The molecule has 0 spiro atoms. The van der Waals surface area contributed by atoms with E-state index in [1.54, 1.807) is 18.2 Å². The van der Waals surface area contributed by atoms with Gasteiger partial charge in [-0.2, -0.15) is 0 Å². The predicted octanol–water partition coefficient (Wildman–Crippen LogP) is 2.21. The molecule has 4 rings (SSSR count). The van der Waals surface area contributed by atoms with E-state index in [1.807, 2.05) is 6.92 Å². The summed E-state index contributed by atoms with van der Waals surface area (Å²) in [5, 5.41) is 0. The van der Waals surface area contributed by atoms with Gasteiger partial charge in [0.05, 0.1) is 16.1 Å². The number of benzene rings is 2. The van der Waals surface area contributed by atoms with Crippen molar-refractivity contribution in [2.75, 3.05) is 10.8 Å². The van der Waals surface area contributed by atoms with Crippen molar-refractivity contribution in [2.45, 2.75) is 18.2 Å². The second-order valence-electron chi connectivity index (χ2n) is 5.94. The van der Waals surface area contributed by atoms with E-state index in [4.69, 9.17) is 4.42 Å². The Morgan fingerprint density at radius 1 is 1.12 bits per heavy atom. The van der Waals surface area contributed by atoms with E-state index in [-0.39, 0.29) is 29.2 Å². The number of carbonyl (C=O) groups excluding carboxylic acids is 1. The van der Waals surface area contributed by atoms with Crippen molar-refractivity contribution in [2.24, 2.45) is 0 Å². The molecule has 1 aliphatic heterocycles. The molecule has 0 aliphatic carbocycles. The number of ketones is 1. The van der Waals surface area contributed by atoms with Crippen LogP contribution in [0.4, 0.5) is 5.69 Å². The number of hydrogen-bond acceptors (Lipinski definition) is 5. The molecule has 0 radical (unpaired) electrons. The third-order valence-electron chi connectivity index (χ3n) is 4.24. The summed E-state index contributed by atoms with van der Waals surface area (Å²) in [6.45, 7) is 1.93. The number of aryl methyl sites for hydroxylation is 1. The molecule has 0 unspecified atom stereocenters. The van der Waals surface area contributed by atoms with Gasteiger partial charge in [-0.05, 0) is 31.2 Å². The Bertz CT molecular complexity index is 1170. The van der Waals surface area contributed by atoms with Gasteiger partial charge in [0, 0.05) is 24.6 Å². The number of aromatic amines is 1. The number of fused-ring (bicyclic) bond motifs is 2. The second-order valence-corrected chi connectivity index (χ2v) is 7.81. The van der Waals surface area contributed by atoms with E-state index in [2.05, 4.69) is 4.98 Å². The standard InChI is InChI=1S/C17H14N2O5S/c1-10-2-5-14-12(8-10)15(20)6-7-19(14)25(22,23)11-3-4-13-16(9-11)24-17(21)18-13/h2-5,8-9H,6-7H2,1H3,(H,18,21). The number of anilines is 1. The maximum Gasteiger partial charge on any atom is 0.417 e. The zero-order valence-electron chi connectivity index (χ0n) is 13.3. The Morgan fingerprint density at radius 2 is 1.92 bits per heavy atom. The molecule has 1 aromatic heterocycles. The Balaban J connectivity index is 1.86. The molecule has 0 bridgehead atoms. The van der Waals surface area contributed by atoms with Crippen molar-refractivity contribution in [1.29, 1.82) is 0 Å². The average Bonchev–Trinajstić information content (AvgIpc) is 2.94. The SMILES string of the molecule is Cc1ccc2c(c1)C(=O)CCN2S(=O)(=O)c1ccc2[nH]c(=O)oc2c1. The largest absolute Gasteiger partial charge is 0.417 e. The van der Waals surface area contributed by atoms with Crippen LogP contribution in [0.3, 0.4) is 0 Å². The third kappa shape index (κ3) is 2.45. The van der Waals surface area contributed by atoms with E-state index < -0.39 is 15.8 Å². The van der Waals surface area contributed by atoms with Crippen LogP contribution in [0.25, 0.3) is 11.1 Å². The first-order valence-electron chi connectivity index (χ1n) is 7.66. The highest BCUT2D eigenvalue weighted by atomic mass is 32.2. The van der Waals surface area contributed by atoms with Crippen LogP contribution in [0.5, 0.6) is 0 Å². The smallest absolute Gasteiger partial charge is 0.408 e. The van der Waals surface area contributed by atoms with Crippen molar-refractivity contribution < 1.29 is 17.6 Å². The molecule has 8 heteroatoms. The number of H-pyrrole nitrogens is 1. The molecule has 2 aromatic carbocycles. The molecular formula is C17H14N2O5S. The van der Waals surface area contributed by atoms with Crippen molar-refractivity contribution in [3.63, 3.8) is 0 Å². The Morgan fingerprint density at radius 3 is 2.72 bits per heavy atom. The molecule has 0 amide bonds. The summed E-state index contributed by atoms with van der Waals surface area (Å²) in [5.74, 6) is -0.717. The summed E-state index contributed by atoms with van der Waals surface area (Å²) in [4.78, 5) is 25.9. The van der Waals surface area contributed by atoms with Crippen LogP contribution in [0.2, 0.25) is 0 Å². The van der Waals surface area contributed by atoms with Crippen LogP contribution in [0.1, 0.15) is 22.3 Å². The molecular weight excluding hydrogens is 344 g/mol. The highest BCUT2D eigenvalue weighted by molar-refractivity contribution is 7.92. The van der Waals surface area contributed by atoms with E-state index in [9.17, 15) is 18.0 Å². The number of nitrogens with one attached hydrogen (secondary N) is 1. The highest BCUT2D eigenvalue weighted by Gasteiger charge is 2.32. The summed E-state index contributed by atoms with van der Waals surface area (Å²) >= 11 is 0. The molecule has 1 aliphatic rings. The quantitative estimate of drug-likeness (QED) is 0.757. The maximum atomic E-state index is 13.1. The number of sulfonamides is 1. The van der Waals surface area contributed by atoms with Crippen molar-refractivity contribution >= 4 is 32.6 Å². The number of rotatable bonds is 2. The van der Waals surface area contributed by atoms with Crippen molar-refractivity contribution in [1.82, 2.24) is 4.98 Å². The fourth-order valence-corrected chi connectivity index (χ4v) is 4.51. The van der Waals surface area contributed by atoms with Gasteiger partial charge < -0.3 is 4.42 Å². The maximum absolute atomic E-state index is 13.1. The Hall–Kier alpha value is -2.87. The molecule has 128 valence electrons. The second kappa shape index (κ2) is 5.32. The normalized spacial score (nSPS) is 14.8. The van der Waals surface area contributed by atoms with Crippen LogP contribution in [0.15, 0.2) is 50.5 Å². The first-order chi connectivity index (χ1) is 11.9. The van der Waals surface area contributed by atoms with Crippen LogP contribution < -0.4 is 10.1 Å². The topological polar surface area (TPSA) is 100 Å². The van der Waals surface area contributed by atoms with Crippen LogP contribution in [0, 0.1) is 6.92 Å². The van der Waals surface area contributed by atoms with Crippen molar-refractivity contribution in [3.8, 4) is 0 Å². The predicted molar refractivity (Wildman–Crippen MR) is 91.5 cm³/mol. The monoisotopic (exact) mass is 358 g/mol. The van der Waals surface area contributed by atoms with Gasteiger partial charge in [-0.3, -0.25) is 14.1 Å². The highest BCUT2D eigenvalue weighted by Crippen LogP contribution is 2.33. The molecule has 2 heterocycles. The Kier molecular flexibility index (Phi) is 3.33. The van der Waals surface area contributed by atoms with Gasteiger partial charge in [-0.15, -0.1) is 0 Å². The minimum absolute atomic E-state index is 0.00336. The van der Waals surface area contributed by atoms with Gasteiger partial charge in [-0.25, -0.2) is 13.2 Å². The molecule has 0 atom stereocenters. The number of aromatic nitrogens is 1. The number of carbonyl (C=O) groups is 1. The van der Waals surface area contributed by atoms with Gasteiger partial charge >= 0.3 is 5.76 Å². The fourth-order valence-electron chi connectivity index (χ4n) is 3.01. The zero-order chi connectivity index (χ0) is 17.8. The minimum Gasteiger partial charge on any atom is -0.408 e. The van der Waals surface area contributed by atoms with Gasteiger partial charge in [0.25, 0.3) is 10.0 Å². The first-order valence-corrected chi connectivity index (χ1v) is 9.10. The van der Waals surface area contributed by atoms with Crippen LogP contribution in [-0.4, -0.2) is 25.7 Å². The summed E-state index contributed by atoms with van der Waals surface area (Å²) in [7, 11) is -3.89. The number of hydrogen-bond donors (Lipinski definition) is 1. The van der Waals surface area contributed by atoms with E-state index in [0.29, 0.717) is 16.8 Å². The van der Waals surface area contributed by atoms with Gasteiger partial charge in [0.1, 0.15) is 0 Å². The number of oxazole rings is 1. The summed E-state index contributed by atoms with van der Waals surface area (Å²) in [5.41, 5.74) is 2.26. The molecule has 0 saturated carbocycles. The molecule has 0 saturated heterocycles. The average molecular weight is 358 g/mol. The number of nitrogens with zero attached hydrogens (tertiary/aromatic N) is 1. The fraction of sp³-hybridized carbons (Fsp3) is 0.176.